The Morgan fingerprint density at radius 1 is 1.54 bits per heavy atom. The molecule has 0 atom stereocenters. The van der Waals surface area contributed by atoms with Crippen LogP contribution >= 0.6 is 0 Å². The number of carbonyl (C=O) groups is 1. The Bertz CT molecular complexity index is 376. The fraction of sp³-hybridized carbons (Fsp3) is 0.100. The first-order chi connectivity index (χ1) is 6.29. The number of carbonyl (C=O) groups excluding carboxylic acids is 1. The third kappa shape index (κ3) is 2.14. The van der Waals surface area contributed by atoms with E-state index in [2.05, 4.69) is 11.8 Å². The Morgan fingerprint density at radius 3 is 2.92 bits per heavy atom. The van der Waals surface area contributed by atoms with Crippen molar-refractivity contribution in [1.29, 1.82) is 0 Å². The highest BCUT2D eigenvalue weighted by Crippen LogP contribution is 2.09. The number of hydrogen-bond donors (Lipinski definition) is 1. The van der Waals surface area contributed by atoms with Crippen LogP contribution in [0, 0.1) is 17.7 Å². The first-order valence-corrected chi connectivity index (χ1v) is 3.72. The second-order valence-corrected chi connectivity index (χ2v) is 2.33. The Kier molecular flexibility index (Phi) is 3.18. The first-order valence-electron chi connectivity index (χ1n) is 3.72. The predicted molar refractivity (Wildman–Crippen MR) is 47.7 cm³/mol. The molecule has 1 aromatic carbocycles. The molecule has 13 heavy (non-hydrogen) atoms. The predicted octanol–water partition coefficient (Wildman–Crippen LogP) is 0.948. The van der Waals surface area contributed by atoms with Crippen LogP contribution in [-0.4, -0.2) is 12.8 Å². The molecule has 0 bridgehead atoms. The topological polar surface area (TPSA) is 43.1 Å². The van der Waals surface area contributed by atoms with Crippen LogP contribution in [0.5, 0.6) is 0 Å². The summed E-state index contributed by atoms with van der Waals surface area (Å²) in [6.07, 6.45) is 0.461. The van der Waals surface area contributed by atoms with Crippen molar-refractivity contribution < 1.29 is 9.18 Å². The van der Waals surface area contributed by atoms with E-state index in [0.29, 0.717) is 6.29 Å². The molecule has 0 spiro atoms. The van der Waals surface area contributed by atoms with Crippen molar-refractivity contribution in [3.63, 3.8) is 0 Å². The van der Waals surface area contributed by atoms with Crippen molar-refractivity contribution in [3.8, 4) is 11.8 Å². The zero-order chi connectivity index (χ0) is 9.68. The summed E-state index contributed by atoms with van der Waals surface area (Å²) in [5, 5.41) is 0. The minimum Gasteiger partial charge on any atom is -0.320 e. The SMILES string of the molecule is NCC#Cc1cccc(C=O)c1F. The zero-order valence-electron chi connectivity index (χ0n) is 6.88. The van der Waals surface area contributed by atoms with E-state index >= 15 is 0 Å². The van der Waals surface area contributed by atoms with Crippen LogP contribution in [0.2, 0.25) is 0 Å². The molecule has 0 aliphatic rings. The van der Waals surface area contributed by atoms with Crippen LogP contribution in [0.1, 0.15) is 15.9 Å². The third-order valence-electron chi connectivity index (χ3n) is 1.48. The summed E-state index contributed by atoms with van der Waals surface area (Å²) < 4.78 is 13.2. The van der Waals surface area contributed by atoms with Gasteiger partial charge in [-0.1, -0.05) is 17.9 Å². The largest absolute Gasteiger partial charge is 0.320 e. The minimum absolute atomic E-state index is 0.0174. The van der Waals surface area contributed by atoms with Gasteiger partial charge in [0.15, 0.2) is 6.29 Å². The molecule has 2 nitrogen and oxygen atoms in total. The molecular weight excluding hydrogens is 169 g/mol. The van der Waals surface area contributed by atoms with Gasteiger partial charge in [0, 0.05) is 0 Å². The number of halogens is 1. The molecule has 0 saturated heterocycles. The van der Waals surface area contributed by atoms with Gasteiger partial charge in [0.25, 0.3) is 0 Å². The van der Waals surface area contributed by atoms with E-state index in [0.717, 1.165) is 0 Å². The lowest BCUT2D eigenvalue weighted by molar-refractivity contribution is 0.112. The lowest BCUT2D eigenvalue weighted by Crippen LogP contribution is -1.95. The quantitative estimate of drug-likeness (QED) is 0.512. The van der Waals surface area contributed by atoms with E-state index in [4.69, 9.17) is 5.73 Å². The van der Waals surface area contributed by atoms with Gasteiger partial charge in [-0.05, 0) is 12.1 Å². The van der Waals surface area contributed by atoms with Gasteiger partial charge in [-0.15, -0.1) is 0 Å². The smallest absolute Gasteiger partial charge is 0.153 e. The lowest BCUT2D eigenvalue weighted by Gasteiger charge is -1.95. The maximum absolute atomic E-state index is 13.2. The Balaban J connectivity index is 3.15. The van der Waals surface area contributed by atoms with Crippen LogP contribution in [-0.2, 0) is 0 Å². The van der Waals surface area contributed by atoms with E-state index in [9.17, 15) is 9.18 Å². The molecule has 0 radical (unpaired) electrons. The van der Waals surface area contributed by atoms with Crippen LogP contribution in [0.3, 0.4) is 0 Å². The second kappa shape index (κ2) is 4.39. The standard InChI is InChI=1S/C10H8FNO/c11-10-8(5-2-6-12)3-1-4-9(10)7-13/h1,3-4,7H,6,12H2. The molecule has 0 fully saturated rings. The summed E-state index contributed by atoms with van der Waals surface area (Å²) in [6, 6.07) is 4.48. The number of hydrogen-bond acceptors (Lipinski definition) is 2. The van der Waals surface area contributed by atoms with Gasteiger partial charge in [0.1, 0.15) is 5.82 Å². The molecule has 3 heteroatoms. The maximum Gasteiger partial charge on any atom is 0.153 e. The summed E-state index contributed by atoms with van der Waals surface area (Å²) in [5.74, 6) is 4.47. The van der Waals surface area contributed by atoms with Crippen LogP contribution < -0.4 is 5.73 Å². The van der Waals surface area contributed by atoms with Gasteiger partial charge in [0.05, 0.1) is 17.7 Å². The second-order valence-electron chi connectivity index (χ2n) is 2.33. The Hall–Kier alpha value is -1.66. The molecule has 0 aliphatic carbocycles. The van der Waals surface area contributed by atoms with E-state index in [1.807, 2.05) is 0 Å². The molecule has 1 aromatic rings. The number of rotatable bonds is 1. The Morgan fingerprint density at radius 2 is 2.31 bits per heavy atom. The fourth-order valence-electron chi connectivity index (χ4n) is 0.884. The molecule has 0 aliphatic heterocycles. The highest BCUT2D eigenvalue weighted by atomic mass is 19.1. The molecular formula is C10H8FNO. The normalized spacial score (nSPS) is 8.77. The van der Waals surface area contributed by atoms with Gasteiger partial charge in [-0.25, -0.2) is 4.39 Å². The highest BCUT2D eigenvalue weighted by molar-refractivity contribution is 5.76. The summed E-state index contributed by atoms with van der Waals surface area (Å²) in [5.41, 5.74) is 5.35. The van der Waals surface area contributed by atoms with Gasteiger partial charge in [-0.2, -0.15) is 0 Å². The highest BCUT2D eigenvalue weighted by Gasteiger charge is 2.03. The molecule has 0 aromatic heterocycles. The van der Waals surface area contributed by atoms with Gasteiger partial charge in [0.2, 0.25) is 0 Å². The van der Waals surface area contributed by atoms with Crippen LogP contribution in [0.15, 0.2) is 18.2 Å². The molecule has 0 heterocycles. The molecule has 66 valence electrons. The fourth-order valence-corrected chi connectivity index (χ4v) is 0.884. The molecule has 0 amide bonds. The van der Waals surface area contributed by atoms with E-state index < -0.39 is 5.82 Å². The molecule has 2 N–H and O–H groups in total. The van der Waals surface area contributed by atoms with Crippen LogP contribution in [0.25, 0.3) is 0 Å². The average Bonchev–Trinajstić information content (AvgIpc) is 2.16. The monoisotopic (exact) mass is 177 g/mol. The average molecular weight is 177 g/mol. The van der Waals surface area contributed by atoms with Crippen LogP contribution in [0.4, 0.5) is 4.39 Å². The number of aldehydes is 1. The molecule has 0 saturated carbocycles. The van der Waals surface area contributed by atoms with E-state index in [-0.39, 0.29) is 17.7 Å². The van der Waals surface area contributed by atoms with Gasteiger partial charge in [-0.3, -0.25) is 4.79 Å². The minimum atomic E-state index is -0.585. The number of nitrogens with two attached hydrogens (primary N) is 1. The van der Waals surface area contributed by atoms with Crippen molar-refractivity contribution in [2.24, 2.45) is 5.73 Å². The maximum atomic E-state index is 13.2. The first kappa shape index (κ1) is 9.43. The summed E-state index contributed by atoms with van der Waals surface area (Å²) in [4.78, 5) is 10.3. The summed E-state index contributed by atoms with van der Waals surface area (Å²) >= 11 is 0. The number of benzene rings is 1. The molecule has 1 rings (SSSR count). The van der Waals surface area contributed by atoms with Gasteiger partial charge >= 0.3 is 0 Å². The van der Waals surface area contributed by atoms with Gasteiger partial charge < -0.3 is 5.73 Å². The van der Waals surface area contributed by atoms with E-state index in [1.54, 1.807) is 6.07 Å². The lowest BCUT2D eigenvalue weighted by atomic mass is 10.1. The van der Waals surface area contributed by atoms with Crippen molar-refractivity contribution >= 4 is 6.29 Å². The summed E-state index contributed by atoms with van der Waals surface area (Å²) in [6.45, 7) is 0.171. The summed E-state index contributed by atoms with van der Waals surface area (Å²) in [7, 11) is 0. The van der Waals surface area contributed by atoms with Crippen molar-refractivity contribution in [2.75, 3.05) is 6.54 Å². The Labute approximate surface area is 75.6 Å². The third-order valence-corrected chi connectivity index (χ3v) is 1.48. The zero-order valence-corrected chi connectivity index (χ0v) is 6.88. The van der Waals surface area contributed by atoms with Crippen molar-refractivity contribution in [3.05, 3.63) is 35.1 Å². The van der Waals surface area contributed by atoms with Crippen molar-refractivity contribution in [2.45, 2.75) is 0 Å². The van der Waals surface area contributed by atoms with E-state index in [1.165, 1.54) is 12.1 Å². The van der Waals surface area contributed by atoms with Crippen molar-refractivity contribution in [1.82, 2.24) is 0 Å². The molecule has 0 unspecified atom stereocenters.